The summed E-state index contributed by atoms with van der Waals surface area (Å²) in [6.07, 6.45) is 4.91. The average molecular weight is 1170 g/mol. The van der Waals surface area contributed by atoms with Crippen LogP contribution in [0.3, 0.4) is 0 Å². The number of carbonyl (C=O) groups is 9. The molecule has 5 atom stereocenters. The molecular weight excluding hydrogens is 1100 g/mol. The molecule has 440 valence electrons. The minimum atomic E-state index is -5.13. The minimum Gasteiger partial charge on any atom is -0.370 e. The van der Waals surface area contributed by atoms with Crippen LogP contribution in [0.25, 0.3) is 21.9 Å². The van der Waals surface area contributed by atoms with Crippen LogP contribution < -0.4 is 32.7 Å². The summed E-state index contributed by atoms with van der Waals surface area (Å²) in [6, 6.07) is 23.7. The number of imide groups is 1. The Balaban J connectivity index is 0.845. The Labute approximate surface area is 482 Å². The molecule has 0 spiro atoms. The zero-order chi connectivity index (χ0) is 59.6. The van der Waals surface area contributed by atoms with E-state index >= 15 is 4.79 Å². The van der Waals surface area contributed by atoms with Crippen molar-refractivity contribution >= 4 is 82.3 Å². The van der Waals surface area contributed by atoms with Gasteiger partial charge in [0.05, 0.1) is 17.1 Å². The molecule has 0 radical (unpaired) electrons. The molecule has 0 unspecified atom stereocenters. The molecule has 6 aromatic rings. The number of aromatic amines is 1. The normalized spacial score (nSPS) is 21.5. The first-order valence-corrected chi connectivity index (χ1v) is 30.0. The molecule has 84 heavy (non-hydrogen) atoms. The van der Waals surface area contributed by atoms with Gasteiger partial charge in [-0.05, 0) is 129 Å². The first-order valence-electron chi connectivity index (χ1n) is 28.4. The highest BCUT2D eigenvalue weighted by Crippen LogP contribution is 2.40. The van der Waals surface area contributed by atoms with E-state index in [-0.39, 0.29) is 97.6 Å². The number of primary amides is 1. The van der Waals surface area contributed by atoms with Crippen LogP contribution in [0.2, 0.25) is 0 Å². The van der Waals surface area contributed by atoms with Crippen LogP contribution in [0.4, 0.5) is 0 Å². The number of hydrogen-bond donors (Lipinski definition) is 8. The van der Waals surface area contributed by atoms with E-state index in [4.69, 9.17) is 5.73 Å². The van der Waals surface area contributed by atoms with Gasteiger partial charge in [0.15, 0.2) is 0 Å². The lowest BCUT2D eigenvalue weighted by molar-refractivity contribution is -0.146. The summed E-state index contributed by atoms with van der Waals surface area (Å²) in [5, 5.41) is 11.3. The van der Waals surface area contributed by atoms with E-state index in [2.05, 4.69) is 26.3 Å². The minimum absolute atomic E-state index is 0.0221. The van der Waals surface area contributed by atoms with Crippen LogP contribution in [0, 0.1) is 11.8 Å². The number of benzene rings is 4. The second kappa shape index (κ2) is 24.7. The molecule has 2 aromatic heterocycles. The molecule has 5 heterocycles. The lowest BCUT2D eigenvalue weighted by atomic mass is 9.78. The molecule has 4 fully saturated rings. The third-order valence-electron chi connectivity index (χ3n) is 17.0. The highest BCUT2D eigenvalue weighted by Gasteiger charge is 2.46. The molecular formula is C60H67N10O13P. The fraction of sp³-hybridized carbons (Fsp3) is 0.400. The van der Waals surface area contributed by atoms with Crippen molar-refractivity contribution in [2.45, 2.75) is 120 Å². The lowest BCUT2D eigenvalue weighted by Crippen LogP contribution is -2.62. The van der Waals surface area contributed by atoms with Gasteiger partial charge in [0.25, 0.3) is 11.4 Å². The van der Waals surface area contributed by atoms with Crippen LogP contribution >= 0.6 is 7.60 Å². The maximum Gasteiger partial charge on any atom is 0.396 e. The molecule has 24 heteroatoms. The summed E-state index contributed by atoms with van der Waals surface area (Å²) >= 11 is 0. The number of imidazole rings is 1. The predicted octanol–water partition coefficient (Wildman–Crippen LogP) is 3.90. The number of nitrogens with zero attached hydrogens (tertiary/aromatic N) is 4. The van der Waals surface area contributed by atoms with E-state index in [1.807, 2.05) is 78.9 Å². The van der Waals surface area contributed by atoms with Gasteiger partial charge in [-0.1, -0.05) is 66.7 Å². The van der Waals surface area contributed by atoms with E-state index < -0.39 is 84.8 Å². The molecule has 8 amide bonds. The largest absolute Gasteiger partial charge is 0.396 e. The molecule has 9 N–H and O–H groups in total. The van der Waals surface area contributed by atoms with Crippen LogP contribution in [0.5, 0.6) is 0 Å². The van der Waals surface area contributed by atoms with E-state index in [1.165, 1.54) is 38.3 Å². The molecule has 1 saturated carbocycles. The van der Waals surface area contributed by atoms with E-state index in [0.29, 0.717) is 29.4 Å². The third-order valence-corrected chi connectivity index (χ3v) is 17.8. The second-order valence-corrected chi connectivity index (χ2v) is 24.1. The van der Waals surface area contributed by atoms with Crippen molar-refractivity contribution in [2.75, 3.05) is 13.1 Å². The number of aryl methyl sites for hydroxylation is 1. The Kier molecular flexibility index (Phi) is 17.3. The predicted molar refractivity (Wildman–Crippen MR) is 306 cm³/mol. The third kappa shape index (κ3) is 12.8. The maximum atomic E-state index is 15.2. The van der Waals surface area contributed by atoms with Gasteiger partial charge in [0, 0.05) is 61.9 Å². The van der Waals surface area contributed by atoms with Crippen LogP contribution in [-0.4, -0.2) is 124 Å². The molecule has 23 nitrogen and oxygen atoms in total. The monoisotopic (exact) mass is 1170 g/mol. The summed E-state index contributed by atoms with van der Waals surface area (Å²) < 4.78 is 14.8. The molecule has 10 rings (SSSR count). The summed E-state index contributed by atoms with van der Waals surface area (Å²) in [5.74, 6) is -4.13. The van der Waals surface area contributed by atoms with Gasteiger partial charge in [-0.2, -0.15) is 0 Å². The van der Waals surface area contributed by atoms with Gasteiger partial charge < -0.3 is 46.3 Å². The zero-order valence-corrected chi connectivity index (χ0v) is 47.1. The van der Waals surface area contributed by atoms with Gasteiger partial charge in [0.2, 0.25) is 41.4 Å². The van der Waals surface area contributed by atoms with E-state index in [0.717, 1.165) is 48.8 Å². The molecule has 3 saturated heterocycles. The maximum absolute atomic E-state index is 15.2. The first-order chi connectivity index (χ1) is 40.2. The van der Waals surface area contributed by atoms with Crippen molar-refractivity contribution in [2.24, 2.45) is 24.6 Å². The molecule has 3 aliphatic heterocycles. The van der Waals surface area contributed by atoms with Gasteiger partial charge in [0.1, 0.15) is 29.9 Å². The number of H-pyrrole nitrogens is 1. The van der Waals surface area contributed by atoms with Crippen LogP contribution in [0.1, 0.15) is 127 Å². The summed E-state index contributed by atoms with van der Waals surface area (Å²) in [4.78, 5) is 161. The average Bonchev–Trinajstić information content (AvgIpc) is 3.38. The van der Waals surface area contributed by atoms with Crippen molar-refractivity contribution < 1.29 is 57.5 Å². The standard InChI is InChI=1S/C60H67N10O13P/c1-67-49-29-36(16-21-46(49)70(60(67)80)48-23-25-51(72)65-57(48)77)28-34-12-14-35(15-13-34)30-52(73)68-27-26-41-18-22-47(56(76)63-43(20-24-50(61)71)54(74)66-53(37-8-4-2-5-9-37)38-10-6-3-7-11-38)69(41)58(78)45(33-68)64-55(75)44-32-40-31-39(17-19-42(40)62-44)59(79)84(81,82)83/h2-11,16-17,19,21,29,31-32,34-35,41,43,45,47-48,53,62H,12-15,18,20,22-28,30,33H2,1H3,(H2,61,71)(H,63,76)(H,64,75)(H,66,74)(H,65,72,77)(H2,81,82,83)/t34?,35?,41-,43+,45+,47+,48+/m1/s1. The van der Waals surface area contributed by atoms with Crippen LogP contribution in [-0.2, 0) is 51.6 Å². The van der Waals surface area contributed by atoms with Crippen molar-refractivity contribution in [3.05, 3.63) is 142 Å². The summed E-state index contributed by atoms with van der Waals surface area (Å²) in [6.45, 7) is -0.0654. The first kappa shape index (κ1) is 58.7. The number of aromatic nitrogens is 3. The Morgan fingerprint density at radius 3 is 2.13 bits per heavy atom. The van der Waals surface area contributed by atoms with Crippen molar-refractivity contribution in [3.8, 4) is 0 Å². The fourth-order valence-electron chi connectivity index (χ4n) is 12.6. The Morgan fingerprint density at radius 2 is 1.46 bits per heavy atom. The Morgan fingerprint density at radius 1 is 0.774 bits per heavy atom. The van der Waals surface area contributed by atoms with Crippen molar-refractivity contribution in [3.63, 3.8) is 0 Å². The molecule has 1 aliphatic carbocycles. The van der Waals surface area contributed by atoms with Gasteiger partial charge >= 0.3 is 13.3 Å². The number of fused-ring (bicyclic) bond motifs is 3. The highest BCUT2D eigenvalue weighted by atomic mass is 31.2. The number of piperidine rings is 1. The van der Waals surface area contributed by atoms with Crippen molar-refractivity contribution in [1.29, 1.82) is 0 Å². The number of nitrogens with one attached hydrogen (secondary N) is 5. The zero-order valence-electron chi connectivity index (χ0n) is 46.2. The van der Waals surface area contributed by atoms with Gasteiger partial charge in [-0.15, -0.1) is 0 Å². The number of rotatable bonds is 18. The number of hydrogen-bond acceptors (Lipinski definition) is 11. The summed E-state index contributed by atoms with van der Waals surface area (Å²) in [7, 11) is -3.47. The smallest absolute Gasteiger partial charge is 0.370 e. The molecule has 4 aliphatic rings. The molecule has 4 aromatic carbocycles. The quantitative estimate of drug-likeness (QED) is 0.0448. The lowest BCUT2D eigenvalue weighted by Gasteiger charge is -2.39. The SMILES string of the molecule is Cn1c(=O)n([C@H]2CCC(=O)NC2=O)c2ccc(CC3CCC(CC(=O)N4CC[C@H]5CC[C@@H](C(=O)N[C@@H](CCC(N)=O)C(=O)NC(c6ccccc6)c6ccccc6)N5C(=O)[C@@H](NC(=O)c5cc6cc(C(=O)P(=O)(O)O)ccc6[nH]5)C4)CC3)cc21. The highest BCUT2D eigenvalue weighted by molar-refractivity contribution is 7.70. The van der Waals surface area contributed by atoms with E-state index in [9.17, 15) is 57.5 Å². The second-order valence-electron chi connectivity index (χ2n) is 22.6. The molecule has 0 bridgehead atoms. The van der Waals surface area contributed by atoms with Crippen LogP contribution in [0.15, 0.2) is 108 Å². The number of carbonyl (C=O) groups excluding carboxylic acids is 9. The Hall–Kier alpha value is -8.53. The fourth-order valence-corrected chi connectivity index (χ4v) is 13.1. The van der Waals surface area contributed by atoms with Gasteiger partial charge in [-0.25, -0.2) is 4.79 Å². The number of amides is 8. The topological polar surface area (TPSA) is 335 Å². The van der Waals surface area contributed by atoms with Crippen molar-refractivity contribution in [1.82, 2.24) is 45.2 Å². The van der Waals surface area contributed by atoms with E-state index in [1.54, 1.807) is 11.9 Å². The summed E-state index contributed by atoms with van der Waals surface area (Å²) in [5.41, 5.74) is 7.66. The van der Waals surface area contributed by atoms with Gasteiger partial charge in [-0.3, -0.25) is 62.2 Å². The Bertz CT molecular complexity index is 3640. The number of nitrogens with two attached hydrogens (primary N) is 1.